The molecule has 0 atom stereocenters. The largest absolute Gasteiger partial charge is 0.269 e. The molecule has 0 amide bonds. The van der Waals surface area contributed by atoms with E-state index < -0.39 is 20.0 Å². The number of anilines is 1. The summed E-state index contributed by atoms with van der Waals surface area (Å²) in [6, 6.07) is 5.78. The van der Waals surface area contributed by atoms with Crippen molar-refractivity contribution in [2.75, 3.05) is 29.9 Å². The van der Waals surface area contributed by atoms with E-state index in [-0.39, 0.29) is 24.9 Å². The number of para-hydroxylation sites is 1. The van der Waals surface area contributed by atoms with E-state index in [1.807, 2.05) is 45.9 Å². The number of nitrogens with zero attached hydrogens (tertiary/aromatic N) is 1. The van der Waals surface area contributed by atoms with Gasteiger partial charge in [-0.2, -0.15) is 0 Å². The van der Waals surface area contributed by atoms with E-state index in [9.17, 15) is 16.8 Å². The van der Waals surface area contributed by atoms with E-state index in [0.29, 0.717) is 5.69 Å². The van der Waals surface area contributed by atoms with Crippen LogP contribution in [-0.4, -0.2) is 42.4 Å². The van der Waals surface area contributed by atoms with Crippen LogP contribution in [-0.2, 0) is 20.0 Å². The quantitative estimate of drug-likeness (QED) is 0.754. The van der Waals surface area contributed by atoms with Crippen molar-refractivity contribution in [3.63, 3.8) is 0 Å². The Morgan fingerprint density at radius 3 is 1.75 bits per heavy atom. The molecule has 0 saturated heterocycles. The normalized spacial score (nSPS) is 12.8. The van der Waals surface area contributed by atoms with Crippen LogP contribution in [0.25, 0.3) is 0 Å². The molecule has 0 aliphatic carbocycles. The molecule has 8 heteroatoms. The zero-order chi connectivity index (χ0) is 18.7. The second-order valence-corrected chi connectivity index (χ2v) is 10.3. The van der Waals surface area contributed by atoms with Gasteiger partial charge in [0.25, 0.3) is 0 Å². The minimum absolute atomic E-state index is 0.0237. The van der Waals surface area contributed by atoms with Crippen LogP contribution in [0.4, 0.5) is 5.69 Å². The van der Waals surface area contributed by atoms with Crippen molar-refractivity contribution in [2.45, 2.75) is 39.5 Å². The van der Waals surface area contributed by atoms with Gasteiger partial charge >= 0.3 is 0 Å². The molecule has 1 rings (SSSR count). The number of nitrogens with one attached hydrogen (secondary N) is 1. The summed E-state index contributed by atoms with van der Waals surface area (Å²) in [4.78, 5) is 0. The minimum Gasteiger partial charge on any atom is -0.269 e. The summed E-state index contributed by atoms with van der Waals surface area (Å²) in [5, 5.41) is 0. The lowest BCUT2D eigenvalue weighted by molar-refractivity contribution is 0.582. The predicted octanol–water partition coefficient (Wildman–Crippen LogP) is 2.25. The molecule has 0 bridgehead atoms. The maximum absolute atomic E-state index is 12.4. The van der Waals surface area contributed by atoms with Crippen LogP contribution >= 0.6 is 0 Å². The molecule has 0 aliphatic heterocycles. The van der Waals surface area contributed by atoms with Crippen molar-refractivity contribution < 1.29 is 16.8 Å². The fourth-order valence-electron chi connectivity index (χ4n) is 2.58. The van der Waals surface area contributed by atoms with E-state index in [2.05, 4.69) is 4.72 Å². The van der Waals surface area contributed by atoms with Crippen LogP contribution in [0, 0.1) is 0 Å². The third kappa shape index (κ3) is 5.75. The fourth-order valence-corrected chi connectivity index (χ4v) is 4.00. The molecule has 0 saturated carbocycles. The molecule has 1 N–H and O–H groups in total. The average Bonchev–Trinajstić information content (AvgIpc) is 2.40. The molecule has 138 valence electrons. The maximum Gasteiger partial charge on any atom is 0.232 e. The third-order valence-corrected chi connectivity index (χ3v) is 5.57. The Bertz CT molecular complexity index is 743. The first-order chi connectivity index (χ1) is 10.8. The predicted molar refractivity (Wildman–Crippen MR) is 99.7 cm³/mol. The molecule has 0 heterocycles. The Balaban J connectivity index is 3.42. The van der Waals surface area contributed by atoms with E-state index in [1.165, 1.54) is 4.31 Å². The van der Waals surface area contributed by atoms with Gasteiger partial charge in [-0.3, -0.25) is 4.31 Å². The Labute approximate surface area is 146 Å². The summed E-state index contributed by atoms with van der Waals surface area (Å²) < 4.78 is 51.0. The topological polar surface area (TPSA) is 83.6 Å². The lowest BCUT2D eigenvalue weighted by Gasteiger charge is -2.30. The molecular weight excluding hydrogens is 348 g/mol. The van der Waals surface area contributed by atoms with Gasteiger partial charge in [-0.15, -0.1) is 0 Å². The van der Waals surface area contributed by atoms with Crippen molar-refractivity contribution in [3.8, 4) is 0 Å². The monoisotopic (exact) mass is 376 g/mol. The SMILES string of the molecule is CC(C)c1cccc(C(C)C)c1N(CCNS(C)(=O)=O)S(C)(=O)=O. The fraction of sp³-hybridized carbons (Fsp3) is 0.625. The lowest BCUT2D eigenvalue weighted by atomic mass is 9.92. The van der Waals surface area contributed by atoms with Crippen LogP contribution in [0.5, 0.6) is 0 Å². The Kier molecular flexibility index (Phi) is 6.84. The van der Waals surface area contributed by atoms with Crippen molar-refractivity contribution in [1.82, 2.24) is 4.72 Å². The molecular formula is C16H28N2O4S2. The van der Waals surface area contributed by atoms with Crippen LogP contribution in [0.1, 0.15) is 50.7 Å². The smallest absolute Gasteiger partial charge is 0.232 e. The van der Waals surface area contributed by atoms with Crippen LogP contribution < -0.4 is 9.03 Å². The van der Waals surface area contributed by atoms with Gasteiger partial charge in [0.2, 0.25) is 20.0 Å². The van der Waals surface area contributed by atoms with Crippen molar-refractivity contribution in [1.29, 1.82) is 0 Å². The summed E-state index contributed by atoms with van der Waals surface area (Å²) in [5.74, 6) is 0.289. The molecule has 0 fully saturated rings. The second kappa shape index (κ2) is 7.84. The third-order valence-electron chi connectivity index (χ3n) is 3.67. The highest BCUT2D eigenvalue weighted by Gasteiger charge is 2.25. The van der Waals surface area contributed by atoms with Crippen molar-refractivity contribution in [2.24, 2.45) is 0 Å². The molecule has 0 unspecified atom stereocenters. The standard InChI is InChI=1S/C16H28N2O4S2/c1-12(2)14-8-7-9-15(13(3)4)16(14)18(24(6,21)22)11-10-17-23(5,19)20/h7-9,12-13,17H,10-11H2,1-6H3. The highest BCUT2D eigenvalue weighted by atomic mass is 32.2. The number of hydrogen-bond donors (Lipinski definition) is 1. The zero-order valence-corrected chi connectivity index (χ0v) is 16.8. The number of sulfonamides is 2. The first-order valence-corrected chi connectivity index (χ1v) is 11.6. The summed E-state index contributed by atoms with van der Waals surface area (Å²) in [7, 11) is -6.92. The van der Waals surface area contributed by atoms with E-state index in [1.54, 1.807) is 0 Å². The molecule has 24 heavy (non-hydrogen) atoms. The highest BCUT2D eigenvalue weighted by molar-refractivity contribution is 7.92. The van der Waals surface area contributed by atoms with Gasteiger partial charge < -0.3 is 0 Å². The van der Waals surface area contributed by atoms with Gasteiger partial charge in [0.1, 0.15) is 0 Å². The molecule has 0 spiro atoms. The molecule has 1 aromatic carbocycles. The number of benzene rings is 1. The Morgan fingerprint density at radius 2 is 1.42 bits per heavy atom. The van der Waals surface area contributed by atoms with E-state index in [0.717, 1.165) is 23.6 Å². The first kappa shape index (κ1) is 20.9. The van der Waals surface area contributed by atoms with E-state index >= 15 is 0 Å². The number of hydrogen-bond acceptors (Lipinski definition) is 4. The maximum atomic E-state index is 12.4. The summed E-state index contributed by atoms with van der Waals surface area (Å²) in [5.41, 5.74) is 2.54. The summed E-state index contributed by atoms with van der Waals surface area (Å²) >= 11 is 0. The Morgan fingerprint density at radius 1 is 0.958 bits per heavy atom. The molecule has 1 aromatic rings. The van der Waals surface area contributed by atoms with Crippen molar-refractivity contribution >= 4 is 25.7 Å². The van der Waals surface area contributed by atoms with Gasteiger partial charge in [-0.05, 0) is 23.0 Å². The highest BCUT2D eigenvalue weighted by Crippen LogP contribution is 2.36. The van der Waals surface area contributed by atoms with Crippen LogP contribution in [0.3, 0.4) is 0 Å². The lowest BCUT2D eigenvalue weighted by Crippen LogP contribution is -2.39. The van der Waals surface area contributed by atoms with Crippen LogP contribution in [0.15, 0.2) is 18.2 Å². The van der Waals surface area contributed by atoms with Gasteiger partial charge in [0.15, 0.2) is 0 Å². The second-order valence-electron chi connectivity index (χ2n) is 6.60. The van der Waals surface area contributed by atoms with E-state index in [4.69, 9.17) is 0 Å². The van der Waals surface area contributed by atoms with Crippen molar-refractivity contribution in [3.05, 3.63) is 29.3 Å². The van der Waals surface area contributed by atoms with Gasteiger partial charge in [-0.25, -0.2) is 21.6 Å². The molecule has 6 nitrogen and oxygen atoms in total. The van der Waals surface area contributed by atoms with Crippen LogP contribution in [0.2, 0.25) is 0 Å². The first-order valence-electron chi connectivity index (χ1n) is 7.89. The molecule has 0 radical (unpaired) electrons. The van der Waals surface area contributed by atoms with Gasteiger partial charge in [0.05, 0.1) is 18.2 Å². The Hall–Kier alpha value is -1.12. The summed E-state index contributed by atoms with van der Waals surface area (Å²) in [6.07, 6.45) is 2.20. The average molecular weight is 377 g/mol. The van der Waals surface area contributed by atoms with Gasteiger partial charge in [0, 0.05) is 13.1 Å². The number of rotatable bonds is 8. The zero-order valence-electron chi connectivity index (χ0n) is 15.2. The molecule has 0 aliphatic rings. The summed E-state index contributed by atoms with van der Waals surface area (Å²) in [6.45, 7) is 8.12. The molecule has 0 aromatic heterocycles. The minimum atomic E-state index is -3.55. The van der Waals surface area contributed by atoms with Gasteiger partial charge in [-0.1, -0.05) is 45.9 Å².